The lowest BCUT2D eigenvalue weighted by molar-refractivity contribution is 0.412. The molecule has 0 aliphatic carbocycles. The lowest BCUT2D eigenvalue weighted by atomic mass is 9.95. The van der Waals surface area contributed by atoms with Crippen LogP contribution in [-0.2, 0) is 0 Å². The van der Waals surface area contributed by atoms with Gasteiger partial charge in [-0.15, -0.1) is 0 Å². The van der Waals surface area contributed by atoms with Crippen molar-refractivity contribution < 1.29 is 0 Å². The lowest BCUT2D eigenvalue weighted by Gasteiger charge is -2.25. The maximum Gasteiger partial charge on any atom is 0.0963 e. The van der Waals surface area contributed by atoms with Crippen LogP contribution in [0.4, 0.5) is 0 Å². The molecule has 0 saturated carbocycles. The Kier molecular flexibility index (Phi) is 3.91. The van der Waals surface area contributed by atoms with E-state index in [1.807, 2.05) is 11.8 Å². The quantitative estimate of drug-likeness (QED) is 0.614. The van der Waals surface area contributed by atoms with Crippen LogP contribution in [0.1, 0.15) is 26.2 Å². The Labute approximate surface area is 72.1 Å². The number of nitroso groups, excluding NO2 is 1. The molecule has 1 aliphatic rings. The van der Waals surface area contributed by atoms with Gasteiger partial charge in [0.05, 0.1) is 6.04 Å². The molecule has 0 aromatic rings. The number of nitrogens with zero attached hydrogens (tertiary/aromatic N) is 1. The summed E-state index contributed by atoms with van der Waals surface area (Å²) < 4.78 is 0. The zero-order chi connectivity index (χ0) is 8.10. The molecule has 0 N–H and O–H groups in total. The zero-order valence-electron chi connectivity index (χ0n) is 6.95. The molecule has 64 valence electrons. The van der Waals surface area contributed by atoms with Crippen molar-refractivity contribution in [1.29, 1.82) is 0 Å². The van der Waals surface area contributed by atoms with E-state index in [0.717, 1.165) is 17.9 Å². The van der Waals surface area contributed by atoms with E-state index in [-0.39, 0.29) is 6.04 Å². The number of hydrogen-bond donors (Lipinski definition) is 0. The molecule has 2 unspecified atom stereocenters. The Morgan fingerprint density at radius 1 is 1.64 bits per heavy atom. The van der Waals surface area contributed by atoms with Crippen molar-refractivity contribution in [3.63, 3.8) is 0 Å². The third-order valence-corrected chi connectivity index (χ3v) is 3.42. The summed E-state index contributed by atoms with van der Waals surface area (Å²) in [5.74, 6) is 2.83. The summed E-state index contributed by atoms with van der Waals surface area (Å²) in [4.78, 5) is 10.4. The highest BCUT2D eigenvalue weighted by atomic mass is 32.2. The van der Waals surface area contributed by atoms with E-state index >= 15 is 0 Å². The van der Waals surface area contributed by atoms with Crippen LogP contribution < -0.4 is 0 Å². The van der Waals surface area contributed by atoms with Gasteiger partial charge in [0.2, 0.25) is 0 Å². The van der Waals surface area contributed by atoms with Crippen molar-refractivity contribution in [2.24, 2.45) is 11.1 Å². The molecule has 1 saturated heterocycles. The minimum absolute atomic E-state index is 0.121. The normalized spacial score (nSPS) is 31.7. The molecule has 2 nitrogen and oxygen atoms in total. The van der Waals surface area contributed by atoms with Gasteiger partial charge in [0.25, 0.3) is 0 Å². The van der Waals surface area contributed by atoms with Gasteiger partial charge in [0.1, 0.15) is 0 Å². The van der Waals surface area contributed by atoms with Crippen molar-refractivity contribution in [2.45, 2.75) is 32.2 Å². The first kappa shape index (κ1) is 9.04. The summed E-state index contributed by atoms with van der Waals surface area (Å²) in [5.41, 5.74) is 0. The predicted molar refractivity (Wildman–Crippen MR) is 49.9 cm³/mol. The summed E-state index contributed by atoms with van der Waals surface area (Å²) in [7, 11) is 0. The van der Waals surface area contributed by atoms with Crippen LogP contribution in [0.25, 0.3) is 0 Å². The van der Waals surface area contributed by atoms with Crippen molar-refractivity contribution in [2.75, 3.05) is 11.5 Å². The summed E-state index contributed by atoms with van der Waals surface area (Å²) in [6.07, 6.45) is 3.35. The van der Waals surface area contributed by atoms with E-state index in [9.17, 15) is 4.91 Å². The Morgan fingerprint density at radius 2 is 2.45 bits per heavy atom. The molecule has 11 heavy (non-hydrogen) atoms. The first-order valence-corrected chi connectivity index (χ1v) is 5.44. The maximum atomic E-state index is 10.4. The van der Waals surface area contributed by atoms with Crippen LogP contribution in [0.3, 0.4) is 0 Å². The van der Waals surface area contributed by atoms with E-state index in [4.69, 9.17) is 0 Å². The van der Waals surface area contributed by atoms with Crippen LogP contribution in [-0.4, -0.2) is 17.5 Å². The highest BCUT2D eigenvalue weighted by Crippen LogP contribution is 2.28. The van der Waals surface area contributed by atoms with Gasteiger partial charge in [-0.05, 0) is 30.3 Å². The summed E-state index contributed by atoms with van der Waals surface area (Å²) in [6.45, 7) is 2.17. The molecule has 0 amide bonds. The van der Waals surface area contributed by atoms with Gasteiger partial charge in [-0.1, -0.05) is 18.5 Å². The SMILES string of the molecule is CCCC1CSCCC1N=O. The van der Waals surface area contributed by atoms with Crippen LogP contribution in [0.5, 0.6) is 0 Å². The van der Waals surface area contributed by atoms with E-state index in [1.165, 1.54) is 12.8 Å². The molecule has 0 aromatic carbocycles. The average molecular weight is 173 g/mol. The van der Waals surface area contributed by atoms with Gasteiger partial charge in [-0.2, -0.15) is 16.7 Å². The first-order valence-electron chi connectivity index (χ1n) is 4.28. The zero-order valence-corrected chi connectivity index (χ0v) is 7.77. The van der Waals surface area contributed by atoms with Gasteiger partial charge >= 0.3 is 0 Å². The lowest BCUT2D eigenvalue weighted by Crippen LogP contribution is -2.25. The maximum absolute atomic E-state index is 10.4. The molecular weight excluding hydrogens is 158 g/mol. The third-order valence-electron chi connectivity index (χ3n) is 2.23. The second kappa shape index (κ2) is 4.75. The summed E-state index contributed by atoms with van der Waals surface area (Å²) in [6, 6.07) is 0.121. The minimum Gasteiger partial charge on any atom is -0.162 e. The molecule has 2 atom stereocenters. The van der Waals surface area contributed by atoms with Crippen LogP contribution in [0.15, 0.2) is 5.18 Å². The molecule has 1 rings (SSSR count). The fourth-order valence-electron chi connectivity index (χ4n) is 1.57. The van der Waals surface area contributed by atoms with Crippen LogP contribution in [0.2, 0.25) is 0 Å². The predicted octanol–water partition coefficient (Wildman–Crippen LogP) is 2.67. The van der Waals surface area contributed by atoms with Gasteiger partial charge < -0.3 is 0 Å². The molecule has 1 heterocycles. The molecule has 0 spiro atoms. The largest absolute Gasteiger partial charge is 0.162 e. The minimum atomic E-state index is 0.121. The summed E-state index contributed by atoms with van der Waals surface area (Å²) in [5, 5.41) is 3.18. The van der Waals surface area contributed by atoms with E-state index in [2.05, 4.69) is 12.1 Å². The Bertz CT molecular complexity index is 127. The number of thioether (sulfide) groups is 1. The average Bonchev–Trinajstić information content (AvgIpc) is 2.06. The molecule has 1 fully saturated rings. The van der Waals surface area contributed by atoms with E-state index in [1.54, 1.807) is 0 Å². The van der Waals surface area contributed by atoms with Gasteiger partial charge in [0.15, 0.2) is 0 Å². The smallest absolute Gasteiger partial charge is 0.0963 e. The van der Waals surface area contributed by atoms with E-state index < -0.39 is 0 Å². The van der Waals surface area contributed by atoms with Crippen molar-refractivity contribution in [3.05, 3.63) is 4.91 Å². The first-order chi connectivity index (χ1) is 5.38. The Morgan fingerprint density at radius 3 is 3.09 bits per heavy atom. The van der Waals surface area contributed by atoms with Crippen LogP contribution >= 0.6 is 11.8 Å². The van der Waals surface area contributed by atoms with Gasteiger partial charge in [0, 0.05) is 0 Å². The molecule has 0 aromatic heterocycles. The monoisotopic (exact) mass is 173 g/mol. The Hall–Kier alpha value is -0.0500. The van der Waals surface area contributed by atoms with Crippen molar-refractivity contribution in [1.82, 2.24) is 0 Å². The van der Waals surface area contributed by atoms with Crippen molar-refractivity contribution in [3.8, 4) is 0 Å². The van der Waals surface area contributed by atoms with Crippen LogP contribution in [0, 0.1) is 10.8 Å². The molecular formula is C8H15NOS. The Balaban J connectivity index is 2.37. The number of rotatable bonds is 3. The summed E-state index contributed by atoms with van der Waals surface area (Å²) >= 11 is 1.96. The molecule has 3 heteroatoms. The van der Waals surface area contributed by atoms with Gasteiger partial charge in [-0.3, -0.25) is 0 Å². The standard InChI is InChI=1S/C8H15NOS/c1-2-3-7-6-11-5-4-8(7)9-10/h7-8H,2-6H2,1H3. The molecule has 0 bridgehead atoms. The number of hydrogen-bond acceptors (Lipinski definition) is 3. The van der Waals surface area contributed by atoms with Gasteiger partial charge in [-0.25, -0.2) is 0 Å². The van der Waals surface area contributed by atoms with Crippen molar-refractivity contribution >= 4 is 11.8 Å². The fourth-order valence-corrected chi connectivity index (χ4v) is 2.84. The third kappa shape index (κ3) is 2.47. The second-order valence-corrected chi connectivity index (χ2v) is 4.23. The van der Waals surface area contributed by atoms with E-state index in [0.29, 0.717) is 5.92 Å². The molecule has 1 aliphatic heterocycles. The highest BCUT2D eigenvalue weighted by Gasteiger charge is 2.24. The molecule has 0 radical (unpaired) electrons. The topological polar surface area (TPSA) is 29.4 Å². The fraction of sp³-hybridized carbons (Fsp3) is 1.00. The second-order valence-electron chi connectivity index (χ2n) is 3.09. The highest BCUT2D eigenvalue weighted by molar-refractivity contribution is 7.99.